The molecule has 0 fully saturated rings. The van der Waals surface area contributed by atoms with Crippen LogP contribution in [0.5, 0.6) is 0 Å². The van der Waals surface area contributed by atoms with Crippen LogP contribution in [0.15, 0.2) is 36.7 Å². The van der Waals surface area contributed by atoms with Crippen molar-refractivity contribution >= 4 is 0 Å². The number of nitrogens with zero attached hydrogens (tertiary/aromatic N) is 2. The maximum atomic E-state index is 12.3. The van der Waals surface area contributed by atoms with Gasteiger partial charge in [-0.25, -0.2) is 9.97 Å². The van der Waals surface area contributed by atoms with Crippen LogP contribution in [0.3, 0.4) is 0 Å². The van der Waals surface area contributed by atoms with Gasteiger partial charge in [-0.05, 0) is 12.5 Å². The lowest BCUT2D eigenvalue weighted by atomic mass is 10.1. The van der Waals surface area contributed by atoms with Gasteiger partial charge in [0.25, 0.3) is 0 Å². The number of hydrogen-bond acceptors (Lipinski definition) is 2. The summed E-state index contributed by atoms with van der Waals surface area (Å²) < 4.78 is 36.8. The van der Waals surface area contributed by atoms with Gasteiger partial charge in [0.05, 0.1) is 0 Å². The van der Waals surface area contributed by atoms with Crippen LogP contribution in [0.1, 0.15) is 11.4 Å². The third kappa shape index (κ3) is 2.61. The van der Waals surface area contributed by atoms with Gasteiger partial charge in [0.1, 0.15) is 0 Å². The predicted molar refractivity (Wildman–Crippen MR) is 57.2 cm³/mol. The van der Waals surface area contributed by atoms with Crippen LogP contribution in [-0.4, -0.2) is 9.97 Å². The third-order valence-corrected chi connectivity index (χ3v) is 2.26. The smallest absolute Gasteiger partial charge is 0.232 e. The molecule has 2 nitrogen and oxygen atoms in total. The topological polar surface area (TPSA) is 25.8 Å². The number of hydrogen-bond donors (Lipinski definition) is 0. The summed E-state index contributed by atoms with van der Waals surface area (Å²) in [5.74, 6) is -1.12. The summed E-state index contributed by atoms with van der Waals surface area (Å²) >= 11 is 0. The normalized spacial score (nSPS) is 11.5. The molecule has 5 heteroatoms. The minimum absolute atomic E-state index is 0.571. The molecule has 0 radical (unpaired) electrons. The van der Waals surface area contributed by atoms with E-state index >= 15 is 0 Å². The lowest BCUT2D eigenvalue weighted by Crippen LogP contribution is -2.10. The van der Waals surface area contributed by atoms with Crippen molar-refractivity contribution in [3.05, 3.63) is 48.0 Å². The van der Waals surface area contributed by atoms with Crippen molar-refractivity contribution in [3.8, 4) is 11.1 Å². The van der Waals surface area contributed by atoms with Crippen LogP contribution in [0.25, 0.3) is 11.1 Å². The number of halogens is 3. The van der Waals surface area contributed by atoms with Gasteiger partial charge in [-0.15, -0.1) is 0 Å². The van der Waals surface area contributed by atoms with E-state index in [2.05, 4.69) is 9.97 Å². The molecule has 0 amide bonds. The molecule has 1 aromatic heterocycles. The van der Waals surface area contributed by atoms with Crippen LogP contribution in [-0.2, 0) is 6.18 Å². The van der Waals surface area contributed by atoms with Gasteiger partial charge >= 0.3 is 6.18 Å². The molecule has 0 aliphatic rings. The molecule has 1 heterocycles. The Kier molecular flexibility index (Phi) is 2.83. The molecule has 0 unspecified atom stereocenters. The Morgan fingerprint density at radius 1 is 1.00 bits per heavy atom. The fourth-order valence-corrected chi connectivity index (χ4v) is 1.45. The highest BCUT2D eigenvalue weighted by Gasteiger charge is 2.34. The third-order valence-electron chi connectivity index (χ3n) is 2.26. The maximum Gasteiger partial charge on any atom is 0.451 e. The average Bonchev–Trinajstić information content (AvgIpc) is 2.28. The van der Waals surface area contributed by atoms with E-state index in [1.807, 2.05) is 25.1 Å². The van der Waals surface area contributed by atoms with Crippen molar-refractivity contribution in [2.24, 2.45) is 0 Å². The van der Waals surface area contributed by atoms with Crippen molar-refractivity contribution in [1.82, 2.24) is 9.97 Å². The molecule has 0 N–H and O–H groups in total. The molecule has 0 bridgehead atoms. The Balaban J connectivity index is 2.36. The average molecular weight is 238 g/mol. The van der Waals surface area contributed by atoms with E-state index < -0.39 is 12.0 Å². The van der Waals surface area contributed by atoms with E-state index in [0.717, 1.165) is 11.1 Å². The van der Waals surface area contributed by atoms with Gasteiger partial charge in [0, 0.05) is 18.0 Å². The summed E-state index contributed by atoms with van der Waals surface area (Å²) in [6.45, 7) is 1.91. The molecule has 0 aliphatic carbocycles. The molecule has 88 valence electrons. The van der Waals surface area contributed by atoms with Crippen LogP contribution in [0.2, 0.25) is 0 Å². The van der Waals surface area contributed by atoms with Crippen molar-refractivity contribution < 1.29 is 13.2 Å². The first-order chi connectivity index (χ1) is 7.97. The van der Waals surface area contributed by atoms with Gasteiger partial charge < -0.3 is 0 Å². The summed E-state index contributed by atoms with van der Waals surface area (Å²) in [7, 11) is 0. The summed E-state index contributed by atoms with van der Waals surface area (Å²) in [4.78, 5) is 6.64. The molecule has 17 heavy (non-hydrogen) atoms. The standard InChI is InChI=1S/C12H9F3N2/c1-8-3-2-4-9(5-8)10-6-16-11(17-7-10)12(13,14)15/h2-7H,1H3. The van der Waals surface area contributed by atoms with Gasteiger partial charge in [-0.3, -0.25) is 0 Å². The number of aromatic nitrogens is 2. The molecular formula is C12H9F3N2. The zero-order valence-electron chi connectivity index (χ0n) is 8.99. The fraction of sp³-hybridized carbons (Fsp3) is 0.167. The minimum atomic E-state index is -4.49. The molecule has 2 aromatic rings. The number of alkyl halides is 3. The first-order valence-corrected chi connectivity index (χ1v) is 4.93. The Labute approximate surface area is 96.2 Å². The molecule has 0 aliphatic heterocycles. The Hall–Kier alpha value is -1.91. The van der Waals surface area contributed by atoms with E-state index in [1.54, 1.807) is 6.07 Å². The van der Waals surface area contributed by atoms with Gasteiger partial charge in [-0.2, -0.15) is 13.2 Å². The fourth-order valence-electron chi connectivity index (χ4n) is 1.45. The SMILES string of the molecule is Cc1cccc(-c2cnc(C(F)(F)F)nc2)c1. The summed E-state index contributed by atoms with van der Waals surface area (Å²) in [6.07, 6.45) is -2.12. The minimum Gasteiger partial charge on any atom is -0.232 e. The largest absolute Gasteiger partial charge is 0.451 e. The summed E-state index contributed by atoms with van der Waals surface area (Å²) in [5.41, 5.74) is 2.41. The van der Waals surface area contributed by atoms with Gasteiger partial charge in [0.15, 0.2) is 0 Å². The number of aryl methyl sites for hydroxylation is 1. The van der Waals surface area contributed by atoms with E-state index in [9.17, 15) is 13.2 Å². The van der Waals surface area contributed by atoms with Crippen LogP contribution >= 0.6 is 0 Å². The van der Waals surface area contributed by atoms with E-state index in [1.165, 1.54) is 12.4 Å². The van der Waals surface area contributed by atoms with E-state index in [4.69, 9.17) is 0 Å². The molecule has 2 rings (SSSR count). The second-order valence-corrected chi connectivity index (χ2v) is 3.66. The van der Waals surface area contributed by atoms with Crippen molar-refractivity contribution in [2.75, 3.05) is 0 Å². The lowest BCUT2D eigenvalue weighted by Gasteiger charge is -2.06. The first-order valence-electron chi connectivity index (χ1n) is 4.93. The highest BCUT2D eigenvalue weighted by molar-refractivity contribution is 5.62. The van der Waals surface area contributed by atoms with Crippen LogP contribution in [0.4, 0.5) is 13.2 Å². The highest BCUT2D eigenvalue weighted by Crippen LogP contribution is 2.27. The number of rotatable bonds is 1. The molecular weight excluding hydrogens is 229 g/mol. The number of benzene rings is 1. The molecule has 0 atom stereocenters. The summed E-state index contributed by atoms with van der Waals surface area (Å²) in [6, 6.07) is 7.42. The Bertz CT molecular complexity index is 518. The van der Waals surface area contributed by atoms with Gasteiger partial charge in [-0.1, -0.05) is 29.8 Å². The predicted octanol–water partition coefficient (Wildman–Crippen LogP) is 3.47. The van der Waals surface area contributed by atoms with Crippen molar-refractivity contribution in [1.29, 1.82) is 0 Å². The highest BCUT2D eigenvalue weighted by atomic mass is 19.4. The second kappa shape index (κ2) is 4.16. The zero-order valence-corrected chi connectivity index (χ0v) is 8.99. The zero-order chi connectivity index (χ0) is 12.5. The van der Waals surface area contributed by atoms with Crippen LogP contribution < -0.4 is 0 Å². The molecule has 1 aromatic carbocycles. The van der Waals surface area contributed by atoms with Crippen molar-refractivity contribution in [2.45, 2.75) is 13.1 Å². The Morgan fingerprint density at radius 2 is 1.65 bits per heavy atom. The molecule has 0 saturated heterocycles. The molecule has 0 spiro atoms. The molecule has 0 saturated carbocycles. The van der Waals surface area contributed by atoms with Gasteiger partial charge in [0.2, 0.25) is 5.82 Å². The Morgan fingerprint density at radius 3 is 2.18 bits per heavy atom. The quantitative estimate of drug-likeness (QED) is 0.760. The maximum absolute atomic E-state index is 12.3. The van der Waals surface area contributed by atoms with E-state index in [-0.39, 0.29) is 0 Å². The monoisotopic (exact) mass is 238 g/mol. The first kappa shape index (κ1) is 11.6. The lowest BCUT2D eigenvalue weighted by molar-refractivity contribution is -0.144. The van der Waals surface area contributed by atoms with Crippen LogP contribution in [0, 0.1) is 6.92 Å². The summed E-state index contributed by atoms with van der Waals surface area (Å²) in [5, 5.41) is 0. The van der Waals surface area contributed by atoms with Crippen molar-refractivity contribution in [3.63, 3.8) is 0 Å². The van der Waals surface area contributed by atoms with E-state index in [0.29, 0.717) is 5.56 Å². The second-order valence-electron chi connectivity index (χ2n) is 3.66.